The zero-order valence-electron chi connectivity index (χ0n) is 13.7. The van der Waals surface area contributed by atoms with Crippen molar-refractivity contribution in [2.45, 2.75) is 50.8 Å². The van der Waals surface area contributed by atoms with Gasteiger partial charge in [-0.1, -0.05) is 0 Å². The summed E-state index contributed by atoms with van der Waals surface area (Å²) < 4.78 is 26.5. The molecule has 1 aromatic rings. The van der Waals surface area contributed by atoms with Crippen LogP contribution in [-0.4, -0.2) is 50.9 Å². The summed E-state index contributed by atoms with van der Waals surface area (Å²) in [4.78, 5) is 47.7. The summed E-state index contributed by atoms with van der Waals surface area (Å²) in [5.41, 5.74) is -3.92. The van der Waals surface area contributed by atoms with Crippen LogP contribution in [0, 0.1) is 0 Å². The highest BCUT2D eigenvalue weighted by Gasteiger charge is 2.57. The molecule has 2 rings (SSSR count). The Kier molecular flexibility index (Phi) is 5.53. The van der Waals surface area contributed by atoms with E-state index in [0.29, 0.717) is 0 Å². The maximum absolute atomic E-state index is 15.3. The van der Waals surface area contributed by atoms with E-state index in [4.69, 9.17) is 9.47 Å². The summed E-state index contributed by atoms with van der Waals surface area (Å²) in [5.74, 6) is -1.04. The molecule has 0 unspecified atom stereocenters. The predicted molar refractivity (Wildman–Crippen MR) is 81.6 cm³/mol. The molecule has 25 heavy (non-hydrogen) atoms. The Morgan fingerprint density at radius 1 is 1.44 bits per heavy atom. The van der Waals surface area contributed by atoms with Crippen molar-refractivity contribution < 1.29 is 28.6 Å². The smallest absolute Gasteiger partial charge is 0.330 e. The van der Waals surface area contributed by atoms with E-state index in [9.17, 15) is 24.3 Å². The molecular formula is C15H19FN2O7. The van der Waals surface area contributed by atoms with E-state index < -0.39 is 47.9 Å². The second kappa shape index (κ2) is 7.28. The van der Waals surface area contributed by atoms with E-state index in [2.05, 4.69) is 0 Å². The van der Waals surface area contributed by atoms with Gasteiger partial charge in [0, 0.05) is 18.7 Å². The molecule has 1 saturated heterocycles. The summed E-state index contributed by atoms with van der Waals surface area (Å²) in [6, 6.07) is 1.01. The molecule has 10 heteroatoms. The van der Waals surface area contributed by atoms with Gasteiger partial charge < -0.3 is 19.4 Å². The standard InChI is InChI=1S/C15H19FN2O7/c1-8(20)3-4-11(22)25-12-9(7-19)24-13(15(12,2)16)18-6-5-10(21)17-14(18)23/h5-6,9,12-13,19H,3-4,7H2,1-2H3,(H,17,21,23)/t9-,12+,13+,15+/m0/s1. The molecule has 0 saturated carbocycles. The van der Waals surface area contributed by atoms with Crippen LogP contribution in [-0.2, 0) is 19.1 Å². The van der Waals surface area contributed by atoms with Gasteiger partial charge in [-0.2, -0.15) is 0 Å². The topological polar surface area (TPSA) is 128 Å². The SMILES string of the molecule is CC(=O)CCC(=O)O[C@@H]1[C@H](CO)O[C@@H](n2ccc(=O)[nH]c2=O)[C@]1(C)F. The Bertz CT molecular complexity index is 770. The molecule has 1 aliphatic rings. The maximum atomic E-state index is 15.3. The molecule has 0 aliphatic carbocycles. The summed E-state index contributed by atoms with van der Waals surface area (Å²) in [6.45, 7) is 1.72. The van der Waals surface area contributed by atoms with E-state index in [1.807, 2.05) is 4.98 Å². The van der Waals surface area contributed by atoms with Gasteiger partial charge in [0.25, 0.3) is 5.56 Å². The lowest BCUT2D eigenvalue weighted by Gasteiger charge is -2.27. The number of halogens is 1. The summed E-state index contributed by atoms with van der Waals surface area (Å²) in [7, 11) is 0. The van der Waals surface area contributed by atoms with Crippen molar-refractivity contribution in [1.29, 1.82) is 0 Å². The van der Waals surface area contributed by atoms with Crippen molar-refractivity contribution >= 4 is 11.8 Å². The average molecular weight is 358 g/mol. The van der Waals surface area contributed by atoms with E-state index in [-0.39, 0.29) is 18.6 Å². The minimum atomic E-state index is -2.36. The lowest BCUT2D eigenvalue weighted by atomic mass is 9.98. The number of aromatic amines is 1. The number of nitrogens with one attached hydrogen (secondary N) is 1. The van der Waals surface area contributed by atoms with Crippen LogP contribution >= 0.6 is 0 Å². The molecule has 4 atom stereocenters. The highest BCUT2D eigenvalue weighted by Crippen LogP contribution is 2.42. The van der Waals surface area contributed by atoms with Crippen LogP contribution in [0.15, 0.2) is 21.9 Å². The number of Topliss-reactive ketones (excluding diaryl/α,β-unsaturated/α-hetero) is 1. The van der Waals surface area contributed by atoms with Crippen LogP contribution in [0.3, 0.4) is 0 Å². The van der Waals surface area contributed by atoms with Crippen LogP contribution in [0.25, 0.3) is 0 Å². The number of ketones is 1. The number of esters is 1. The zero-order valence-corrected chi connectivity index (χ0v) is 13.7. The fourth-order valence-corrected chi connectivity index (χ4v) is 2.63. The van der Waals surface area contributed by atoms with Crippen molar-refractivity contribution in [3.63, 3.8) is 0 Å². The number of aromatic nitrogens is 2. The van der Waals surface area contributed by atoms with E-state index in [0.717, 1.165) is 23.8 Å². The number of rotatable bonds is 6. The zero-order chi connectivity index (χ0) is 18.8. The highest BCUT2D eigenvalue weighted by molar-refractivity contribution is 5.81. The number of H-pyrrole nitrogens is 1. The average Bonchev–Trinajstić information content (AvgIpc) is 2.76. The van der Waals surface area contributed by atoms with Gasteiger partial charge in [0.15, 0.2) is 18.0 Å². The molecule has 0 bridgehead atoms. The Morgan fingerprint density at radius 2 is 2.12 bits per heavy atom. The number of carbonyl (C=O) groups excluding carboxylic acids is 2. The third kappa shape index (κ3) is 4.02. The van der Waals surface area contributed by atoms with Crippen LogP contribution in [0.2, 0.25) is 0 Å². The number of alkyl halides is 1. The number of hydrogen-bond acceptors (Lipinski definition) is 7. The molecule has 2 heterocycles. The monoisotopic (exact) mass is 358 g/mol. The molecule has 2 N–H and O–H groups in total. The Hall–Kier alpha value is -2.33. The molecular weight excluding hydrogens is 339 g/mol. The second-order valence-corrected chi connectivity index (χ2v) is 5.99. The second-order valence-electron chi connectivity index (χ2n) is 5.99. The molecule has 0 spiro atoms. The molecule has 1 aromatic heterocycles. The first-order chi connectivity index (χ1) is 11.7. The van der Waals surface area contributed by atoms with Crippen LogP contribution in [0.4, 0.5) is 4.39 Å². The van der Waals surface area contributed by atoms with Crippen molar-refractivity contribution in [1.82, 2.24) is 9.55 Å². The molecule has 1 aliphatic heterocycles. The number of aliphatic hydroxyl groups excluding tert-OH is 1. The lowest BCUT2D eigenvalue weighted by molar-refractivity contribution is -0.159. The number of aliphatic hydroxyl groups is 1. The fraction of sp³-hybridized carbons (Fsp3) is 0.600. The van der Waals surface area contributed by atoms with Gasteiger partial charge in [0.1, 0.15) is 11.9 Å². The third-order valence-electron chi connectivity index (χ3n) is 3.90. The number of hydrogen-bond donors (Lipinski definition) is 2. The first kappa shape index (κ1) is 19.0. The van der Waals surface area contributed by atoms with Crippen molar-refractivity contribution in [2.24, 2.45) is 0 Å². The Labute approximate surface area is 141 Å². The number of carbonyl (C=O) groups is 2. The van der Waals surface area contributed by atoms with Gasteiger partial charge in [-0.25, -0.2) is 9.18 Å². The summed E-state index contributed by atoms with van der Waals surface area (Å²) in [5, 5.41) is 9.40. The molecule has 1 fully saturated rings. The first-order valence-corrected chi connectivity index (χ1v) is 7.62. The van der Waals surface area contributed by atoms with Crippen molar-refractivity contribution in [3.8, 4) is 0 Å². The summed E-state index contributed by atoms with van der Waals surface area (Å²) >= 11 is 0. The number of ether oxygens (including phenoxy) is 2. The van der Waals surface area contributed by atoms with E-state index >= 15 is 4.39 Å². The van der Waals surface area contributed by atoms with Crippen molar-refractivity contribution in [3.05, 3.63) is 33.1 Å². The van der Waals surface area contributed by atoms with Crippen LogP contribution in [0.5, 0.6) is 0 Å². The van der Waals surface area contributed by atoms with Crippen LogP contribution < -0.4 is 11.2 Å². The highest BCUT2D eigenvalue weighted by atomic mass is 19.1. The quantitative estimate of drug-likeness (QED) is 0.652. The van der Waals surface area contributed by atoms with Gasteiger partial charge in [-0.05, 0) is 13.8 Å². The molecule has 0 amide bonds. The minimum Gasteiger partial charge on any atom is -0.456 e. The minimum absolute atomic E-state index is 0.0536. The van der Waals surface area contributed by atoms with Gasteiger partial charge in [-0.3, -0.25) is 19.1 Å². The van der Waals surface area contributed by atoms with Gasteiger partial charge in [0.2, 0.25) is 0 Å². The fourth-order valence-electron chi connectivity index (χ4n) is 2.63. The van der Waals surface area contributed by atoms with Gasteiger partial charge in [-0.15, -0.1) is 0 Å². The predicted octanol–water partition coefficient (Wildman–Crippen LogP) is -0.564. The molecule has 9 nitrogen and oxygen atoms in total. The van der Waals surface area contributed by atoms with E-state index in [1.54, 1.807) is 0 Å². The summed E-state index contributed by atoms with van der Waals surface area (Å²) in [6.07, 6.45) is -3.44. The Morgan fingerprint density at radius 3 is 2.68 bits per heavy atom. The Balaban J connectivity index is 2.26. The van der Waals surface area contributed by atoms with Gasteiger partial charge in [0.05, 0.1) is 13.0 Å². The van der Waals surface area contributed by atoms with Crippen molar-refractivity contribution in [2.75, 3.05) is 6.61 Å². The maximum Gasteiger partial charge on any atom is 0.330 e. The lowest BCUT2D eigenvalue weighted by Crippen LogP contribution is -2.46. The third-order valence-corrected chi connectivity index (χ3v) is 3.90. The molecule has 0 aromatic carbocycles. The number of nitrogens with zero attached hydrogens (tertiary/aromatic N) is 1. The molecule has 138 valence electrons. The van der Waals surface area contributed by atoms with Gasteiger partial charge >= 0.3 is 11.7 Å². The van der Waals surface area contributed by atoms with E-state index in [1.165, 1.54) is 6.92 Å². The first-order valence-electron chi connectivity index (χ1n) is 7.62. The normalized spacial score (nSPS) is 28.7. The molecule has 0 radical (unpaired) electrons. The van der Waals surface area contributed by atoms with Crippen LogP contribution in [0.1, 0.15) is 32.9 Å². The largest absolute Gasteiger partial charge is 0.456 e.